The number of hydrogen-bond donors (Lipinski definition) is 1. The molecule has 0 bridgehead atoms. The summed E-state index contributed by atoms with van der Waals surface area (Å²) in [7, 11) is 5.45. The second kappa shape index (κ2) is 7.47. The minimum Gasteiger partial charge on any atom is -0.453 e. The van der Waals surface area contributed by atoms with E-state index >= 15 is 0 Å². The van der Waals surface area contributed by atoms with Gasteiger partial charge in [-0.15, -0.1) is 0 Å². The fraction of sp³-hybridized carbons (Fsp3) is 0.350. The van der Waals surface area contributed by atoms with Crippen LogP contribution in [0.3, 0.4) is 0 Å². The van der Waals surface area contributed by atoms with Crippen LogP contribution in [0.2, 0.25) is 0 Å². The largest absolute Gasteiger partial charge is 0.453 e. The van der Waals surface area contributed by atoms with Gasteiger partial charge in [0.25, 0.3) is 0 Å². The molecule has 1 amide bonds. The van der Waals surface area contributed by atoms with Crippen LogP contribution < -0.4 is 15.1 Å². The Bertz CT molecular complexity index is 728. The number of carbonyl (C=O) groups excluding carboxylic acids is 1. The highest BCUT2D eigenvalue weighted by Crippen LogP contribution is 2.35. The van der Waals surface area contributed by atoms with E-state index in [0.29, 0.717) is 6.54 Å². The Morgan fingerprint density at radius 1 is 1.20 bits per heavy atom. The number of nitrogens with one attached hydrogen (secondary N) is 1. The fourth-order valence-corrected chi connectivity index (χ4v) is 3.34. The summed E-state index contributed by atoms with van der Waals surface area (Å²) in [6.07, 6.45) is 0.628. The molecule has 5 heteroatoms. The molecule has 0 saturated carbocycles. The first-order valence-corrected chi connectivity index (χ1v) is 8.54. The molecule has 0 aliphatic carbocycles. The average molecular weight is 339 g/mol. The number of anilines is 2. The Morgan fingerprint density at radius 3 is 2.60 bits per heavy atom. The summed E-state index contributed by atoms with van der Waals surface area (Å²) in [6.45, 7) is 1.45. The lowest BCUT2D eigenvalue weighted by Gasteiger charge is -2.31. The Balaban J connectivity index is 1.89. The molecule has 1 heterocycles. The minimum atomic E-state index is -0.401. The summed E-state index contributed by atoms with van der Waals surface area (Å²) in [5.74, 6) is 0. The van der Waals surface area contributed by atoms with Crippen molar-refractivity contribution < 1.29 is 9.53 Å². The highest BCUT2D eigenvalue weighted by molar-refractivity contribution is 5.67. The number of benzene rings is 2. The van der Waals surface area contributed by atoms with Crippen molar-refractivity contribution in [3.05, 3.63) is 59.7 Å². The number of amides is 1. The Morgan fingerprint density at radius 2 is 1.92 bits per heavy atom. The summed E-state index contributed by atoms with van der Waals surface area (Å²) in [6, 6.07) is 17.0. The number of fused-ring (bicyclic) bond motifs is 1. The zero-order valence-electron chi connectivity index (χ0n) is 15.0. The van der Waals surface area contributed by atoms with Gasteiger partial charge < -0.3 is 19.9 Å². The van der Waals surface area contributed by atoms with Crippen molar-refractivity contribution in [1.29, 1.82) is 0 Å². The first kappa shape index (κ1) is 17.1. The summed E-state index contributed by atoms with van der Waals surface area (Å²) in [5, 5.41) is 2.86. The van der Waals surface area contributed by atoms with Gasteiger partial charge in [0.05, 0.1) is 13.2 Å². The third-order valence-corrected chi connectivity index (χ3v) is 4.72. The van der Waals surface area contributed by atoms with Crippen LogP contribution in [0.25, 0.3) is 0 Å². The van der Waals surface area contributed by atoms with Crippen molar-refractivity contribution in [3.63, 3.8) is 0 Å². The van der Waals surface area contributed by atoms with Crippen LogP contribution in [0.1, 0.15) is 17.2 Å². The molecule has 1 atom stereocenters. The zero-order chi connectivity index (χ0) is 17.8. The van der Waals surface area contributed by atoms with Crippen LogP contribution in [0.5, 0.6) is 0 Å². The molecule has 0 radical (unpaired) electrons. The van der Waals surface area contributed by atoms with Gasteiger partial charge in [-0.25, -0.2) is 4.79 Å². The zero-order valence-corrected chi connectivity index (χ0v) is 15.0. The molecule has 0 spiro atoms. The van der Waals surface area contributed by atoms with E-state index in [0.717, 1.165) is 18.7 Å². The quantitative estimate of drug-likeness (QED) is 0.908. The van der Waals surface area contributed by atoms with Gasteiger partial charge in [-0.3, -0.25) is 0 Å². The van der Waals surface area contributed by atoms with Crippen LogP contribution in [0.4, 0.5) is 16.2 Å². The lowest BCUT2D eigenvalue weighted by Crippen LogP contribution is -2.37. The van der Waals surface area contributed by atoms with Crippen molar-refractivity contribution >= 4 is 17.5 Å². The molecule has 2 aromatic carbocycles. The summed E-state index contributed by atoms with van der Waals surface area (Å²) >= 11 is 0. The van der Waals surface area contributed by atoms with Gasteiger partial charge >= 0.3 is 6.09 Å². The van der Waals surface area contributed by atoms with Gasteiger partial charge in [0.1, 0.15) is 0 Å². The van der Waals surface area contributed by atoms with E-state index in [4.69, 9.17) is 4.74 Å². The van der Waals surface area contributed by atoms with Crippen LogP contribution in [-0.2, 0) is 11.2 Å². The topological polar surface area (TPSA) is 44.8 Å². The van der Waals surface area contributed by atoms with E-state index in [2.05, 4.69) is 63.6 Å². The van der Waals surface area contributed by atoms with Gasteiger partial charge in [0.15, 0.2) is 0 Å². The average Bonchev–Trinajstić information content (AvgIpc) is 3.06. The van der Waals surface area contributed by atoms with Crippen molar-refractivity contribution in [2.45, 2.75) is 12.5 Å². The lowest BCUT2D eigenvalue weighted by molar-refractivity contribution is 0.170. The molecule has 0 saturated heterocycles. The summed E-state index contributed by atoms with van der Waals surface area (Å²) < 4.78 is 4.74. The Kier molecular flexibility index (Phi) is 5.12. The van der Waals surface area contributed by atoms with E-state index in [1.54, 1.807) is 0 Å². The highest BCUT2D eigenvalue weighted by atomic mass is 16.5. The van der Waals surface area contributed by atoms with Gasteiger partial charge in [-0.05, 0) is 35.7 Å². The number of alkyl carbamates (subject to hydrolysis) is 1. The maximum Gasteiger partial charge on any atom is 0.406 e. The lowest BCUT2D eigenvalue weighted by atomic mass is 10.0. The molecule has 132 valence electrons. The van der Waals surface area contributed by atoms with Crippen LogP contribution >= 0.6 is 0 Å². The maximum absolute atomic E-state index is 11.6. The van der Waals surface area contributed by atoms with Gasteiger partial charge in [-0.1, -0.05) is 30.3 Å². The molecule has 25 heavy (non-hydrogen) atoms. The van der Waals surface area contributed by atoms with E-state index < -0.39 is 6.09 Å². The second-order valence-electron chi connectivity index (χ2n) is 6.45. The molecule has 2 aromatic rings. The van der Waals surface area contributed by atoms with Crippen molar-refractivity contribution in [2.75, 3.05) is 44.1 Å². The predicted molar refractivity (Wildman–Crippen MR) is 101 cm³/mol. The van der Waals surface area contributed by atoms with Crippen LogP contribution in [0.15, 0.2) is 48.5 Å². The number of para-hydroxylation sites is 1. The van der Waals surface area contributed by atoms with Crippen LogP contribution in [0, 0.1) is 0 Å². The minimum absolute atomic E-state index is 0.0685. The third kappa shape index (κ3) is 3.71. The molecule has 1 aliphatic heterocycles. The monoisotopic (exact) mass is 339 g/mol. The molecule has 1 N–H and O–H groups in total. The van der Waals surface area contributed by atoms with Crippen molar-refractivity contribution in [3.8, 4) is 0 Å². The maximum atomic E-state index is 11.6. The van der Waals surface area contributed by atoms with E-state index in [1.807, 2.05) is 14.1 Å². The first-order chi connectivity index (χ1) is 12.1. The summed E-state index contributed by atoms with van der Waals surface area (Å²) in [5.41, 5.74) is 4.94. The molecule has 0 unspecified atom stereocenters. The number of methoxy groups -OCH3 is 1. The summed E-state index contributed by atoms with van der Waals surface area (Å²) in [4.78, 5) is 16.0. The van der Waals surface area contributed by atoms with E-state index in [9.17, 15) is 4.79 Å². The van der Waals surface area contributed by atoms with Gasteiger partial charge in [-0.2, -0.15) is 0 Å². The number of ether oxygens (including phenoxy) is 1. The Labute approximate surface area is 149 Å². The van der Waals surface area contributed by atoms with Crippen molar-refractivity contribution in [2.24, 2.45) is 0 Å². The van der Waals surface area contributed by atoms with E-state index in [1.165, 1.54) is 23.9 Å². The first-order valence-electron chi connectivity index (χ1n) is 8.54. The molecular weight excluding hydrogens is 314 g/mol. The highest BCUT2D eigenvalue weighted by Gasteiger charge is 2.27. The standard InChI is InChI=1S/C20H25N3O2/c1-22(2)17-10-8-16(9-11-17)19(14-21-20(24)25-3)23-13-12-15-6-4-5-7-18(15)23/h4-11,19H,12-14H2,1-3H3,(H,21,24)/t19-/m0/s1. The molecule has 0 aromatic heterocycles. The predicted octanol–water partition coefficient (Wildman–Crippen LogP) is 3.21. The van der Waals surface area contributed by atoms with Crippen LogP contribution in [-0.4, -0.2) is 40.4 Å². The second-order valence-corrected chi connectivity index (χ2v) is 6.45. The van der Waals surface area contributed by atoms with Gasteiger partial charge in [0.2, 0.25) is 0 Å². The molecular formula is C20H25N3O2. The molecule has 1 aliphatic rings. The molecule has 0 fully saturated rings. The number of carbonyl (C=O) groups is 1. The SMILES string of the molecule is COC(=O)NC[C@@H](c1ccc(N(C)C)cc1)N1CCc2ccccc21. The third-order valence-electron chi connectivity index (χ3n) is 4.72. The molecule has 3 rings (SSSR count). The Hall–Kier alpha value is -2.69. The fourth-order valence-electron chi connectivity index (χ4n) is 3.34. The van der Waals surface area contributed by atoms with Crippen molar-refractivity contribution in [1.82, 2.24) is 5.32 Å². The number of nitrogens with zero attached hydrogens (tertiary/aromatic N) is 2. The normalized spacial score (nSPS) is 14.0. The smallest absolute Gasteiger partial charge is 0.406 e. The van der Waals surface area contributed by atoms with E-state index in [-0.39, 0.29) is 6.04 Å². The number of hydrogen-bond acceptors (Lipinski definition) is 4. The van der Waals surface area contributed by atoms with Gasteiger partial charge in [0, 0.05) is 38.6 Å². The molecule has 5 nitrogen and oxygen atoms in total. The number of rotatable bonds is 5.